The van der Waals surface area contributed by atoms with E-state index in [1.165, 1.54) is 0 Å². The van der Waals surface area contributed by atoms with Gasteiger partial charge in [-0.15, -0.1) is 0 Å². The maximum atomic E-state index is 11.7. The van der Waals surface area contributed by atoms with Crippen LogP contribution in [0.1, 0.15) is 22.7 Å². The predicted molar refractivity (Wildman–Crippen MR) is 79.3 cm³/mol. The smallest absolute Gasteiger partial charge is 0.312 e. The van der Waals surface area contributed by atoms with Crippen LogP contribution < -0.4 is 0 Å². The fourth-order valence-electron chi connectivity index (χ4n) is 2.55. The molecule has 4 heteroatoms. The number of fused-ring (bicyclic) bond motifs is 1. The van der Waals surface area contributed by atoms with Crippen LogP contribution in [0.15, 0.2) is 53.3 Å². The van der Waals surface area contributed by atoms with Crippen molar-refractivity contribution in [1.29, 1.82) is 0 Å². The lowest BCUT2D eigenvalue weighted by Crippen LogP contribution is -2.16. The van der Waals surface area contributed by atoms with Gasteiger partial charge in [0.15, 0.2) is 0 Å². The zero-order valence-electron chi connectivity index (χ0n) is 11.6. The first-order valence-electron chi connectivity index (χ1n) is 6.76. The second-order valence-corrected chi connectivity index (χ2v) is 5.05. The molecular formula is C17H15NO3. The van der Waals surface area contributed by atoms with Crippen LogP contribution in [0.3, 0.4) is 0 Å². The van der Waals surface area contributed by atoms with Gasteiger partial charge in [0.1, 0.15) is 11.5 Å². The van der Waals surface area contributed by atoms with Gasteiger partial charge < -0.3 is 9.52 Å². The van der Waals surface area contributed by atoms with Gasteiger partial charge in [0.2, 0.25) is 0 Å². The summed E-state index contributed by atoms with van der Waals surface area (Å²) in [5.41, 5.74) is 3.32. The van der Waals surface area contributed by atoms with Gasteiger partial charge in [0, 0.05) is 11.6 Å². The van der Waals surface area contributed by atoms with E-state index in [4.69, 9.17) is 4.42 Å². The van der Waals surface area contributed by atoms with Gasteiger partial charge in [0.25, 0.3) is 0 Å². The Hall–Kier alpha value is -2.62. The number of aliphatic carboxylic acids is 1. The summed E-state index contributed by atoms with van der Waals surface area (Å²) in [7, 11) is 0. The van der Waals surface area contributed by atoms with Gasteiger partial charge in [-0.3, -0.25) is 9.78 Å². The van der Waals surface area contributed by atoms with Crippen LogP contribution in [0.4, 0.5) is 0 Å². The van der Waals surface area contributed by atoms with E-state index in [9.17, 15) is 9.90 Å². The standard InChI is InChI=1S/C17H15NO3/c1-11-4-2-3-5-12(11)10-14(17(19)20)16-13-7-9-21-15(13)6-8-18-16/h2-9,14H,10H2,1H3,(H,19,20). The van der Waals surface area contributed by atoms with Gasteiger partial charge >= 0.3 is 5.97 Å². The van der Waals surface area contributed by atoms with Gasteiger partial charge in [-0.2, -0.15) is 0 Å². The second-order valence-electron chi connectivity index (χ2n) is 5.05. The molecule has 0 aliphatic carbocycles. The number of aromatic nitrogens is 1. The summed E-state index contributed by atoms with van der Waals surface area (Å²) >= 11 is 0. The number of aryl methyl sites for hydroxylation is 1. The van der Waals surface area contributed by atoms with Gasteiger partial charge in [-0.05, 0) is 36.6 Å². The van der Waals surface area contributed by atoms with Crippen molar-refractivity contribution in [3.63, 3.8) is 0 Å². The minimum atomic E-state index is -0.876. The Morgan fingerprint density at radius 2 is 2.10 bits per heavy atom. The third-order valence-electron chi connectivity index (χ3n) is 3.72. The van der Waals surface area contributed by atoms with Crippen LogP contribution in [0.25, 0.3) is 11.0 Å². The van der Waals surface area contributed by atoms with E-state index in [2.05, 4.69) is 4.98 Å². The van der Waals surface area contributed by atoms with Gasteiger partial charge in [0.05, 0.1) is 12.0 Å². The molecule has 0 fully saturated rings. The number of carbonyl (C=O) groups is 1. The van der Waals surface area contributed by atoms with Crippen molar-refractivity contribution in [2.75, 3.05) is 0 Å². The largest absolute Gasteiger partial charge is 0.481 e. The number of benzene rings is 1. The maximum Gasteiger partial charge on any atom is 0.312 e. The molecule has 2 aromatic heterocycles. The van der Waals surface area contributed by atoms with E-state index < -0.39 is 11.9 Å². The monoisotopic (exact) mass is 281 g/mol. The average Bonchev–Trinajstić information content (AvgIpc) is 2.94. The topological polar surface area (TPSA) is 63.3 Å². The molecule has 1 aromatic carbocycles. The van der Waals surface area contributed by atoms with Crippen LogP contribution in [0, 0.1) is 6.92 Å². The van der Waals surface area contributed by atoms with E-state index in [-0.39, 0.29) is 0 Å². The molecule has 0 saturated carbocycles. The number of nitrogens with zero attached hydrogens (tertiary/aromatic N) is 1. The van der Waals surface area contributed by atoms with Crippen molar-refractivity contribution < 1.29 is 14.3 Å². The van der Waals surface area contributed by atoms with E-state index in [0.717, 1.165) is 16.5 Å². The molecule has 0 radical (unpaired) electrons. The first-order chi connectivity index (χ1) is 10.2. The Morgan fingerprint density at radius 3 is 2.86 bits per heavy atom. The minimum Gasteiger partial charge on any atom is -0.481 e. The van der Waals surface area contributed by atoms with E-state index in [1.54, 1.807) is 24.6 Å². The fraction of sp³-hybridized carbons (Fsp3) is 0.176. The van der Waals surface area contributed by atoms with Crippen LogP contribution in [-0.2, 0) is 11.2 Å². The zero-order chi connectivity index (χ0) is 14.8. The molecule has 21 heavy (non-hydrogen) atoms. The van der Waals surface area contributed by atoms with Gasteiger partial charge in [-0.1, -0.05) is 24.3 Å². The Labute approximate surface area is 122 Å². The highest BCUT2D eigenvalue weighted by molar-refractivity contribution is 5.86. The van der Waals surface area contributed by atoms with Crippen LogP contribution in [0.5, 0.6) is 0 Å². The highest BCUT2D eigenvalue weighted by atomic mass is 16.4. The average molecular weight is 281 g/mol. The molecule has 0 aliphatic heterocycles. The molecule has 1 N–H and O–H groups in total. The first kappa shape index (κ1) is 13.4. The molecule has 2 heterocycles. The summed E-state index contributed by atoms with van der Waals surface area (Å²) in [6, 6.07) is 11.3. The molecule has 0 spiro atoms. The fourth-order valence-corrected chi connectivity index (χ4v) is 2.55. The van der Waals surface area contributed by atoms with E-state index in [1.807, 2.05) is 31.2 Å². The molecular weight excluding hydrogens is 266 g/mol. The molecule has 0 bridgehead atoms. The number of carboxylic acids is 1. The summed E-state index contributed by atoms with van der Waals surface area (Å²) in [4.78, 5) is 16.0. The summed E-state index contributed by atoms with van der Waals surface area (Å²) in [5.74, 6) is -1.56. The molecule has 1 atom stereocenters. The number of hydrogen-bond acceptors (Lipinski definition) is 3. The molecule has 3 aromatic rings. The van der Waals surface area contributed by atoms with Crippen LogP contribution in [0.2, 0.25) is 0 Å². The highest BCUT2D eigenvalue weighted by Crippen LogP contribution is 2.28. The Bertz CT molecular complexity index is 791. The number of carboxylic acid groups (broad SMARTS) is 1. The normalized spacial score (nSPS) is 12.4. The van der Waals surface area contributed by atoms with Crippen molar-refractivity contribution in [3.8, 4) is 0 Å². The number of rotatable bonds is 4. The van der Waals surface area contributed by atoms with Crippen molar-refractivity contribution >= 4 is 16.9 Å². The molecule has 106 valence electrons. The molecule has 1 unspecified atom stereocenters. The first-order valence-corrected chi connectivity index (χ1v) is 6.76. The van der Waals surface area contributed by atoms with E-state index >= 15 is 0 Å². The summed E-state index contributed by atoms with van der Waals surface area (Å²) in [6.45, 7) is 1.99. The van der Waals surface area contributed by atoms with Crippen molar-refractivity contribution in [3.05, 3.63) is 65.7 Å². The third-order valence-corrected chi connectivity index (χ3v) is 3.72. The number of hydrogen-bond donors (Lipinski definition) is 1. The lowest BCUT2D eigenvalue weighted by atomic mass is 9.92. The minimum absolute atomic E-state index is 0.416. The quantitative estimate of drug-likeness (QED) is 0.794. The van der Waals surface area contributed by atoms with Gasteiger partial charge in [-0.25, -0.2) is 0 Å². The SMILES string of the molecule is Cc1ccccc1CC(C(=O)O)c1nccc2occc12. The summed E-state index contributed by atoms with van der Waals surface area (Å²) in [5, 5.41) is 10.4. The summed E-state index contributed by atoms with van der Waals surface area (Å²) in [6.07, 6.45) is 3.57. The second kappa shape index (κ2) is 5.40. The van der Waals surface area contributed by atoms with E-state index in [0.29, 0.717) is 17.7 Å². The number of furan rings is 1. The zero-order valence-corrected chi connectivity index (χ0v) is 11.6. The Balaban J connectivity index is 2.05. The maximum absolute atomic E-state index is 11.7. The molecule has 4 nitrogen and oxygen atoms in total. The number of pyridine rings is 1. The Kier molecular flexibility index (Phi) is 3.44. The lowest BCUT2D eigenvalue weighted by Gasteiger charge is -2.14. The predicted octanol–water partition coefficient (Wildman–Crippen LogP) is 3.55. The van der Waals surface area contributed by atoms with Crippen LogP contribution in [-0.4, -0.2) is 16.1 Å². The Morgan fingerprint density at radius 1 is 1.29 bits per heavy atom. The molecule has 0 saturated heterocycles. The van der Waals surface area contributed by atoms with Crippen molar-refractivity contribution in [1.82, 2.24) is 4.98 Å². The molecule has 0 amide bonds. The summed E-state index contributed by atoms with van der Waals surface area (Å²) < 4.78 is 5.33. The van der Waals surface area contributed by atoms with Crippen molar-refractivity contribution in [2.24, 2.45) is 0 Å². The lowest BCUT2D eigenvalue weighted by molar-refractivity contribution is -0.138. The van der Waals surface area contributed by atoms with Crippen molar-refractivity contribution in [2.45, 2.75) is 19.3 Å². The highest BCUT2D eigenvalue weighted by Gasteiger charge is 2.25. The molecule has 3 rings (SSSR count). The third kappa shape index (κ3) is 2.52. The van der Waals surface area contributed by atoms with Crippen LogP contribution >= 0.6 is 0 Å². The molecule has 0 aliphatic rings.